The number of carbonyl (C=O) groups excluding carboxylic acids is 3. The van der Waals surface area contributed by atoms with Crippen LogP contribution in [0.4, 0.5) is 5.00 Å². The van der Waals surface area contributed by atoms with E-state index in [9.17, 15) is 14.4 Å². The molecule has 1 aromatic heterocycles. The molecular formula is C28H32N2O4S. The second-order valence-electron chi connectivity index (χ2n) is 8.44. The highest BCUT2D eigenvalue weighted by Crippen LogP contribution is 2.36. The minimum absolute atomic E-state index is 0.167. The molecule has 1 heterocycles. The molecule has 0 fully saturated rings. The molecule has 184 valence electrons. The van der Waals surface area contributed by atoms with Crippen molar-refractivity contribution in [3.8, 4) is 0 Å². The average molecular weight is 493 g/mol. The van der Waals surface area contributed by atoms with Crippen molar-refractivity contribution in [3.05, 3.63) is 87.8 Å². The lowest BCUT2D eigenvalue weighted by Gasteiger charge is -2.18. The van der Waals surface area contributed by atoms with Crippen LogP contribution < -0.4 is 5.32 Å². The third-order valence-electron chi connectivity index (χ3n) is 5.70. The van der Waals surface area contributed by atoms with Crippen LogP contribution in [0.1, 0.15) is 70.3 Å². The maximum Gasteiger partial charge on any atom is 0.341 e. The maximum atomic E-state index is 13.7. The largest absolute Gasteiger partial charge is 0.459 e. The topological polar surface area (TPSA) is 75.7 Å². The number of nitrogens with zero attached hydrogens (tertiary/aromatic N) is 1. The number of benzene rings is 2. The normalized spacial score (nSPS) is 10.9. The van der Waals surface area contributed by atoms with Gasteiger partial charge in [0.15, 0.2) is 0 Å². The van der Waals surface area contributed by atoms with Crippen LogP contribution in [-0.4, -0.2) is 41.9 Å². The van der Waals surface area contributed by atoms with Gasteiger partial charge in [-0.1, -0.05) is 60.7 Å². The maximum absolute atomic E-state index is 13.7. The lowest BCUT2D eigenvalue weighted by atomic mass is 9.90. The molecule has 35 heavy (non-hydrogen) atoms. The molecular weight excluding hydrogens is 460 g/mol. The van der Waals surface area contributed by atoms with Crippen molar-refractivity contribution in [3.63, 3.8) is 0 Å². The molecule has 0 atom stereocenters. The molecule has 2 aromatic carbocycles. The molecule has 0 unspecified atom stereocenters. The van der Waals surface area contributed by atoms with Crippen molar-refractivity contribution in [1.29, 1.82) is 0 Å². The van der Waals surface area contributed by atoms with E-state index >= 15 is 0 Å². The number of rotatable bonds is 9. The Morgan fingerprint density at radius 2 is 1.43 bits per heavy atom. The molecule has 0 saturated heterocycles. The quantitative estimate of drug-likeness (QED) is 0.379. The van der Waals surface area contributed by atoms with E-state index in [1.165, 1.54) is 0 Å². The van der Waals surface area contributed by atoms with Gasteiger partial charge in [0.25, 0.3) is 5.91 Å². The first-order chi connectivity index (χ1) is 16.8. The van der Waals surface area contributed by atoms with Gasteiger partial charge in [-0.3, -0.25) is 9.59 Å². The Morgan fingerprint density at radius 3 is 1.89 bits per heavy atom. The fraction of sp³-hybridized carbons (Fsp3) is 0.321. The highest BCUT2D eigenvalue weighted by atomic mass is 32.1. The Balaban J connectivity index is 2.06. The van der Waals surface area contributed by atoms with E-state index in [2.05, 4.69) is 5.32 Å². The first-order valence-corrected chi connectivity index (χ1v) is 12.6. The van der Waals surface area contributed by atoms with Crippen molar-refractivity contribution < 1.29 is 19.1 Å². The van der Waals surface area contributed by atoms with Crippen molar-refractivity contribution in [2.75, 3.05) is 18.4 Å². The van der Waals surface area contributed by atoms with E-state index in [4.69, 9.17) is 4.74 Å². The number of esters is 1. The number of hydrogen-bond acceptors (Lipinski definition) is 5. The fourth-order valence-corrected chi connectivity index (χ4v) is 5.11. The Labute approximate surface area is 210 Å². The summed E-state index contributed by atoms with van der Waals surface area (Å²) >= 11 is 1.12. The van der Waals surface area contributed by atoms with Gasteiger partial charge in [-0.2, -0.15) is 0 Å². The number of anilines is 1. The Morgan fingerprint density at radius 1 is 0.914 bits per heavy atom. The monoisotopic (exact) mass is 492 g/mol. The van der Waals surface area contributed by atoms with E-state index in [-0.39, 0.29) is 23.5 Å². The molecule has 0 aliphatic rings. The van der Waals surface area contributed by atoms with E-state index in [0.29, 0.717) is 28.5 Å². The van der Waals surface area contributed by atoms with Gasteiger partial charge in [-0.25, -0.2) is 4.79 Å². The number of amides is 2. The molecule has 0 aliphatic heterocycles. The Kier molecular flexibility index (Phi) is 8.82. The second kappa shape index (κ2) is 11.8. The molecule has 7 heteroatoms. The number of ether oxygens (including phenoxy) is 1. The van der Waals surface area contributed by atoms with Crippen LogP contribution in [0, 0.1) is 6.92 Å². The second-order valence-corrected chi connectivity index (χ2v) is 9.46. The van der Waals surface area contributed by atoms with Crippen molar-refractivity contribution >= 4 is 34.1 Å². The number of nitrogens with one attached hydrogen (secondary N) is 1. The van der Waals surface area contributed by atoms with Crippen molar-refractivity contribution in [2.24, 2.45) is 0 Å². The van der Waals surface area contributed by atoms with Gasteiger partial charge in [0.2, 0.25) is 5.91 Å². The molecule has 3 rings (SSSR count). The highest BCUT2D eigenvalue weighted by molar-refractivity contribution is 7.18. The smallest absolute Gasteiger partial charge is 0.341 e. The summed E-state index contributed by atoms with van der Waals surface area (Å²) in [4.78, 5) is 42.0. The third kappa shape index (κ3) is 5.98. The Hall–Kier alpha value is -3.45. The zero-order valence-corrected chi connectivity index (χ0v) is 21.6. The van der Waals surface area contributed by atoms with Crippen LogP contribution >= 0.6 is 11.3 Å². The summed E-state index contributed by atoms with van der Waals surface area (Å²) in [7, 11) is 0. The number of carbonyl (C=O) groups is 3. The first-order valence-electron chi connectivity index (χ1n) is 11.8. The van der Waals surface area contributed by atoms with Crippen LogP contribution in [0.25, 0.3) is 0 Å². The van der Waals surface area contributed by atoms with Gasteiger partial charge in [0, 0.05) is 13.1 Å². The lowest BCUT2D eigenvalue weighted by Crippen LogP contribution is -2.30. The summed E-state index contributed by atoms with van der Waals surface area (Å²) < 4.78 is 5.47. The summed E-state index contributed by atoms with van der Waals surface area (Å²) in [5.74, 6) is -1.60. The summed E-state index contributed by atoms with van der Waals surface area (Å²) in [5.41, 5.74) is 2.40. The minimum atomic E-state index is -0.587. The van der Waals surface area contributed by atoms with Gasteiger partial charge >= 0.3 is 5.97 Å². The molecule has 0 saturated carbocycles. The predicted molar refractivity (Wildman–Crippen MR) is 140 cm³/mol. The molecule has 1 N–H and O–H groups in total. The molecule has 0 spiro atoms. The minimum Gasteiger partial charge on any atom is -0.459 e. The van der Waals surface area contributed by atoms with Gasteiger partial charge in [0.1, 0.15) is 5.00 Å². The van der Waals surface area contributed by atoms with Crippen LogP contribution in [0.2, 0.25) is 0 Å². The zero-order chi connectivity index (χ0) is 25.5. The average Bonchev–Trinajstić information content (AvgIpc) is 3.16. The third-order valence-corrected chi connectivity index (χ3v) is 6.90. The van der Waals surface area contributed by atoms with E-state index in [0.717, 1.165) is 22.5 Å². The SMILES string of the molecule is CCN(CC)C(=O)c1sc(NC(=O)C(c2ccccc2)c2ccccc2)c(C(=O)OC(C)C)c1C. The van der Waals surface area contributed by atoms with E-state index < -0.39 is 11.9 Å². The summed E-state index contributed by atoms with van der Waals surface area (Å²) in [6, 6.07) is 19.0. The predicted octanol–water partition coefficient (Wildman–Crippen LogP) is 5.87. The van der Waals surface area contributed by atoms with Gasteiger partial charge in [-0.05, 0) is 51.3 Å². The zero-order valence-electron chi connectivity index (χ0n) is 20.8. The lowest BCUT2D eigenvalue weighted by molar-refractivity contribution is -0.116. The van der Waals surface area contributed by atoms with Crippen LogP contribution in [0.3, 0.4) is 0 Å². The number of hydrogen-bond donors (Lipinski definition) is 1. The molecule has 0 bridgehead atoms. The molecule has 3 aromatic rings. The molecule has 2 amide bonds. The van der Waals surface area contributed by atoms with Crippen molar-refractivity contribution in [2.45, 2.75) is 46.6 Å². The van der Waals surface area contributed by atoms with E-state index in [1.807, 2.05) is 74.5 Å². The van der Waals surface area contributed by atoms with Gasteiger partial charge in [0.05, 0.1) is 22.5 Å². The summed E-state index contributed by atoms with van der Waals surface area (Å²) in [5, 5.41) is 3.29. The van der Waals surface area contributed by atoms with Crippen molar-refractivity contribution in [1.82, 2.24) is 4.90 Å². The van der Waals surface area contributed by atoms with Gasteiger partial charge in [-0.15, -0.1) is 11.3 Å². The van der Waals surface area contributed by atoms with Crippen LogP contribution in [0.5, 0.6) is 0 Å². The highest BCUT2D eigenvalue weighted by Gasteiger charge is 2.31. The van der Waals surface area contributed by atoms with Crippen LogP contribution in [0.15, 0.2) is 60.7 Å². The molecule has 6 nitrogen and oxygen atoms in total. The van der Waals surface area contributed by atoms with Gasteiger partial charge < -0.3 is 15.0 Å². The first kappa shape index (κ1) is 26.2. The van der Waals surface area contributed by atoms with Crippen LogP contribution in [-0.2, 0) is 9.53 Å². The fourth-order valence-electron chi connectivity index (χ4n) is 3.95. The molecule has 0 radical (unpaired) electrons. The summed E-state index contributed by atoms with van der Waals surface area (Å²) in [6.07, 6.45) is -0.339. The Bertz CT molecular complexity index is 1130. The molecule has 0 aliphatic carbocycles. The number of thiophene rings is 1. The van der Waals surface area contributed by atoms with E-state index in [1.54, 1.807) is 25.7 Å². The standard InChI is InChI=1S/C28H32N2O4S/c1-6-30(7-2)27(32)24-19(5)22(28(33)34-18(3)4)26(35-24)29-25(31)23(20-14-10-8-11-15-20)21-16-12-9-13-17-21/h8-18,23H,6-7H2,1-5H3,(H,29,31). The summed E-state index contributed by atoms with van der Waals surface area (Å²) in [6.45, 7) is 10.2.